The van der Waals surface area contributed by atoms with Gasteiger partial charge < -0.3 is 5.73 Å². The molecule has 0 aliphatic carbocycles. The summed E-state index contributed by atoms with van der Waals surface area (Å²) in [7, 11) is 0. The van der Waals surface area contributed by atoms with Crippen molar-refractivity contribution in [3.05, 3.63) is 82.2 Å². The molecule has 2 aromatic heterocycles. The van der Waals surface area contributed by atoms with Gasteiger partial charge in [0.15, 0.2) is 5.82 Å². The number of thiazole rings is 1. The van der Waals surface area contributed by atoms with Crippen molar-refractivity contribution in [1.82, 2.24) is 19.9 Å². The fourth-order valence-electron chi connectivity index (χ4n) is 3.61. The highest BCUT2D eigenvalue weighted by Gasteiger charge is 2.20. The monoisotopic (exact) mass is 417 g/mol. The molecule has 7 heteroatoms. The van der Waals surface area contributed by atoms with E-state index in [2.05, 4.69) is 9.88 Å². The molecule has 150 valence electrons. The molecule has 0 unspecified atom stereocenters. The molecule has 4 aromatic rings. The molecule has 0 amide bonds. The normalized spacial score (nSPS) is 13.9. The van der Waals surface area contributed by atoms with E-state index in [0.717, 1.165) is 70.7 Å². The fourth-order valence-corrected chi connectivity index (χ4v) is 4.45. The molecule has 0 saturated heterocycles. The van der Waals surface area contributed by atoms with Crippen LogP contribution in [0.15, 0.2) is 60.1 Å². The Hall–Kier alpha value is -3.16. The predicted molar refractivity (Wildman–Crippen MR) is 117 cm³/mol. The van der Waals surface area contributed by atoms with Gasteiger partial charge in [-0.3, -0.25) is 4.90 Å². The number of hydrogen-bond donors (Lipinski definition) is 1. The molecule has 5 nitrogen and oxygen atoms in total. The quantitative estimate of drug-likeness (QED) is 0.494. The minimum Gasteiger partial charge on any atom is -0.399 e. The molecular weight excluding hydrogens is 397 g/mol. The molecule has 0 bridgehead atoms. The summed E-state index contributed by atoms with van der Waals surface area (Å²) < 4.78 is 13.1. The first-order valence-corrected chi connectivity index (χ1v) is 10.7. The Balaban J connectivity index is 1.28. The smallest absolute Gasteiger partial charge is 0.159 e. The Morgan fingerprint density at radius 2 is 1.77 bits per heavy atom. The second-order valence-electron chi connectivity index (χ2n) is 7.38. The Morgan fingerprint density at radius 1 is 1.00 bits per heavy atom. The number of nitrogen functional groups attached to an aromatic ring is 1. The maximum absolute atomic E-state index is 13.1. The van der Waals surface area contributed by atoms with Crippen LogP contribution in [0.3, 0.4) is 0 Å². The molecule has 1 aliphatic heterocycles. The largest absolute Gasteiger partial charge is 0.399 e. The molecule has 2 N–H and O–H groups in total. The van der Waals surface area contributed by atoms with Gasteiger partial charge >= 0.3 is 0 Å². The predicted octanol–water partition coefficient (Wildman–Crippen LogP) is 4.55. The van der Waals surface area contributed by atoms with Gasteiger partial charge in [-0.15, -0.1) is 11.3 Å². The first-order valence-electron chi connectivity index (χ1n) is 9.77. The van der Waals surface area contributed by atoms with Gasteiger partial charge in [0.25, 0.3) is 0 Å². The zero-order chi connectivity index (χ0) is 20.5. The number of rotatable bonds is 4. The Morgan fingerprint density at radius 3 is 2.57 bits per heavy atom. The van der Waals surface area contributed by atoms with E-state index in [0.29, 0.717) is 0 Å². The minimum atomic E-state index is -0.233. The standard InChI is InChI=1S/C23H20FN5S/c24-18-5-1-15(2-6-18)21-14-30-22(27-21)13-29-10-9-20-17(12-29)11-26-23(28-20)16-3-7-19(25)8-4-16/h1-8,11,14H,9-10,12-13,25H2. The van der Waals surface area contributed by atoms with E-state index in [1.54, 1.807) is 23.5 Å². The SMILES string of the molecule is Nc1ccc(-c2ncc3c(n2)CCN(Cc2nc(-c4ccc(F)cc4)cs2)C3)cc1. The first kappa shape index (κ1) is 18.8. The number of nitrogens with two attached hydrogens (primary N) is 1. The molecule has 0 saturated carbocycles. The summed E-state index contributed by atoms with van der Waals surface area (Å²) in [5.74, 6) is 0.508. The number of nitrogens with zero attached hydrogens (tertiary/aromatic N) is 4. The van der Waals surface area contributed by atoms with Crippen LogP contribution in [-0.2, 0) is 19.5 Å². The summed E-state index contributed by atoms with van der Waals surface area (Å²) in [6.07, 6.45) is 2.82. The van der Waals surface area contributed by atoms with Gasteiger partial charge in [0.2, 0.25) is 0 Å². The number of hydrogen-bond acceptors (Lipinski definition) is 6. The van der Waals surface area contributed by atoms with Crippen molar-refractivity contribution in [2.75, 3.05) is 12.3 Å². The topological polar surface area (TPSA) is 67.9 Å². The van der Waals surface area contributed by atoms with Crippen molar-refractivity contribution in [3.8, 4) is 22.6 Å². The lowest BCUT2D eigenvalue weighted by Crippen LogP contribution is -2.30. The van der Waals surface area contributed by atoms with Crippen LogP contribution < -0.4 is 5.73 Å². The molecule has 0 fully saturated rings. The Labute approximate surface area is 178 Å². The van der Waals surface area contributed by atoms with Crippen molar-refractivity contribution in [3.63, 3.8) is 0 Å². The van der Waals surface area contributed by atoms with E-state index < -0.39 is 0 Å². The van der Waals surface area contributed by atoms with Gasteiger partial charge in [-0.25, -0.2) is 19.3 Å². The summed E-state index contributed by atoms with van der Waals surface area (Å²) in [5.41, 5.74) is 11.6. The third-order valence-corrected chi connectivity index (χ3v) is 6.07. The molecule has 1 aliphatic rings. The van der Waals surface area contributed by atoms with Crippen LogP contribution in [-0.4, -0.2) is 26.4 Å². The zero-order valence-corrected chi connectivity index (χ0v) is 17.1. The van der Waals surface area contributed by atoms with Crippen LogP contribution in [0.1, 0.15) is 16.3 Å². The summed E-state index contributed by atoms with van der Waals surface area (Å²) >= 11 is 1.64. The molecule has 0 radical (unpaired) electrons. The number of benzene rings is 2. The highest BCUT2D eigenvalue weighted by atomic mass is 32.1. The van der Waals surface area contributed by atoms with Crippen molar-refractivity contribution >= 4 is 17.0 Å². The van der Waals surface area contributed by atoms with Gasteiger partial charge in [-0.2, -0.15) is 0 Å². The van der Waals surface area contributed by atoms with E-state index >= 15 is 0 Å². The molecule has 0 spiro atoms. The van der Waals surface area contributed by atoms with E-state index in [1.807, 2.05) is 35.8 Å². The lowest BCUT2D eigenvalue weighted by atomic mass is 10.1. The van der Waals surface area contributed by atoms with E-state index in [9.17, 15) is 4.39 Å². The van der Waals surface area contributed by atoms with Gasteiger partial charge in [0, 0.05) is 53.5 Å². The van der Waals surface area contributed by atoms with Crippen LogP contribution in [0.2, 0.25) is 0 Å². The number of halogens is 1. The third-order valence-electron chi connectivity index (χ3n) is 5.23. The second-order valence-corrected chi connectivity index (χ2v) is 8.32. The molecule has 2 aromatic carbocycles. The molecule has 3 heterocycles. The maximum Gasteiger partial charge on any atom is 0.159 e. The van der Waals surface area contributed by atoms with Crippen molar-refractivity contribution in [1.29, 1.82) is 0 Å². The number of fused-ring (bicyclic) bond motifs is 1. The van der Waals surface area contributed by atoms with Gasteiger partial charge in [0.05, 0.1) is 17.9 Å². The summed E-state index contributed by atoms with van der Waals surface area (Å²) in [6, 6.07) is 14.1. The minimum absolute atomic E-state index is 0.233. The average Bonchev–Trinajstić information content (AvgIpc) is 3.23. The van der Waals surface area contributed by atoms with Crippen molar-refractivity contribution in [2.45, 2.75) is 19.5 Å². The van der Waals surface area contributed by atoms with Crippen LogP contribution in [0.5, 0.6) is 0 Å². The van der Waals surface area contributed by atoms with Crippen LogP contribution in [0.4, 0.5) is 10.1 Å². The molecule has 0 atom stereocenters. The van der Waals surface area contributed by atoms with Crippen LogP contribution >= 0.6 is 11.3 Å². The lowest BCUT2D eigenvalue weighted by Gasteiger charge is -2.27. The van der Waals surface area contributed by atoms with Crippen LogP contribution in [0.25, 0.3) is 22.6 Å². The van der Waals surface area contributed by atoms with Crippen molar-refractivity contribution < 1.29 is 4.39 Å². The van der Waals surface area contributed by atoms with E-state index in [4.69, 9.17) is 15.7 Å². The first-order chi connectivity index (χ1) is 14.6. The van der Waals surface area contributed by atoms with Gasteiger partial charge in [-0.05, 0) is 48.5 Å². The van der Waals surface area contributed by atoms with Crippen molar-refractivity contribution in [2.24, 2.45) is 0 Å². The second kappa shape index (κ2) is 7.93. The van der Waals surface area contributed by atoms with E-state index in [1.165, 1.54) is 12.1 Å². The molecule has 30 heavy (non-hydrogen) atoms. The maximum atomic E-state index is 13.1. The number of aromatic nitrogens is 3. The zero-order valence-electron chi connectivity index (χ0n) is 16.3. The Bertz CT molecular complexity index is 1170. The van der Waals surface area contributed by atoms with E-state index in [-0.39, 0.29) is 5.82 Å². The highest BCUT2D eigenvalue weighted by molar-refractivity contribution is 7.09. The van der Waals surface area contributed by atoms with Gasteiger partial charge in [-0.1, -0.05) is 0 Å². The Kier molecular flexibility index (Phi) is 4.98. The fraction of sp³-hybridized carbons (Fsp3) is 0.174. The summed E-state index contributed by atoms with van der Waals surface area (Å²) in [5, 5.41) is 3.08. The molecular formula is C23H20FN5S. The molecule has 5 rings (SSSR count). The average molecular weight is 418 g/mol. The summed E-state index contributed by atoms with van der Waals surface area (Å²) in [4.78, 5) is 16.4. The van der Waals surface area contributed by atoms with Crippen LogP contribution in [0, 0.1) is 5.82 Å². The number of anilines is 1. The highest BCUT2D eigenvalue weighted by Crippen LogP contribution is 2.26. The lowest BCUT2D eigenvalue weighted by molar-refractivity contribution is 0.242. The third kappa shape index (κ3) is 3.94. The van der Waals surface area contributed by atoms with Gasteiger partial charge in [0.1, 0.15) is 10.8 Å². The summed E-state index contributed by atoms with van der Waals surface area (Å²) in [6.45, 7) is 2.52.